The summed E-state index contributed by atoms with van der Waals surface area (Å²) in [6, 6.07) is 7.46. The lowest BCUT2D eigenvalue weighted by molar-refractivity contribution is -0.137. The molecule has 0 radical (unpaired) electrons. The van der Waals surface area contributed by atoms with E-state index in [1.54, 1.807) is 7.11 Å². The highest BCUT2D eigenvalue weighted by molar-refractivity contribution is 5.86. The van der Waals surface area contributed by atoms with Crippen molar-refractivity contribution in [2.75, 3.05) is 14.2 Å². The zero-order valence-electron chi connectivity index (χ0n) is 10.4. The van der Waals surface area contributed by atoms with Crippen LogP contribution in [-0.2, 0) is 14.9 Å². The number of benzene rings is 1. The molecule has 1 aromatic rings. The molecular weight excluding hydrogens is 235 g/mol. The van der Waals surface area contributed by atoms with Gasteiger partial charge in [0.05, 0.1) is 14.2 Å². The summed E-state index contributed by atoms with van der Waals surface area (Å²) in [5, 5.41) is 0. The minimum absolute atomic E-state index is 0.357. The zero-order chi connectivity index (χ0) is 13.2. The molecule has 1 saturated carbocycles. The van der Waals surface area contributed by atoms with Crippen molar-refractivity contribution in [1.29, 1.82) is 0 Å². The molecule has 0 amide bonds. The van der Waals surface area contributed by atoms with Gasteiger partial charge in [-0.05, 0) is 36.6 Å². The maximum Gasteiger partial charge on any atom is 0.366 e. The first-order valence-corrected chi connectivity index (χ1v) is 5.72. The van der Waals surface area contributed by atoms with Crippen molar-refractivity contribution in [1.82, 2.24) is 0 Å². The van der Waals surface area contributed by atoms with Crippen LogP contribution >= 0.6 is 0 Å². The predicted octanol–water partition coefficient (Wildman–Crippen LogP) is 2.75. The highest BCUT2D eigenvalue weighted by Crippen LogP contribution is 2.50. The van der Waals surface area contributed by atoms with Crippen LogP contribution in [0.2, 0.25) is 0 Å². The smallest absolute Gasteiger partial charge is 0.366 e. The molecule has 1 aromatic carbocycles. The van der Waals surface area contributed by atoms with Crippen LogP contribution in [0.25, 0.3) is 0 Å². The maximum absolute atomic E-state index is 13.5. The van der Waals surface area contributed by atoms with Crippen LogP contribution in [-0.4, -0.2) is 20.2 Å². The van der Waals surface area contributed by atoms with Crippen LogP contribution in [0.1, 0.15) is 18.4 Å². The highest BCUT2D eigenvalue weighted by atomic mass is 19.1. The van der Waals surface area contributed by atoms with Gasteiger partial charge in [-0.1, -0.05) is 12.1 Å². The number of esters is 1. The molecule has 4 heteroatoms. The minimum atomic E-state index is -0.921. The Morgan fingerprint density at radius 2 is 1.89 bits per heavy atom. The van der Waals surface area contributed by atoms with Crippen LogP contribution < -0.4 is 4.74 Å². The number of allylic oxidation sites excluding steroid dienone is 1. The van der Waals surface area contributed by atoms with Crippen LogP contribution in [0.5, 0.6) is 5.75 Å². The molecular formula is C14H15FO3. The quantitative estimate of drug-likeness (QED) is 0.609. The molecule has 0 N–H and O–H groups in total. The molecule has 3 nitrogen and oxygen atoms in total. The summed E-state index contributed by atoms with van der Waals surface area (Å²) in [5.74, 6) is -0.993. The Labute approximate surface area is 105 Å². The Hall–Kier alpha value is -1.84. The standard InChI is InChI=1S/C14H15FO3/c1-17-11-5-3-10(4-6-11)14(7-8-14)9-12(15)13(16)18-2/h3-6,9H,7-8H2,1-2H3/b12-9-. The van der Waals surface area contributed by atoms with Gasteiger partial charge in [0.15, 0.2) is 0 Å². The van der Waals surface area contributed by atoms with Gasteiger partial charge < -0.3 is 9.47 Å². The molecule has 0 bridgehead atoms. The van der Waals surface area contributed by atoms with E-state index in [0.717, 1.165) is 24.2 Å². The summed E-state index contributed by atoms with van der Waals surface area (Å²) < 4.78 is 23.0. The largest absolute Gasteiger partial charge is 0.497 e. The molecule has 0 saturated heterocycles. The van der Waals surface area contributed by atoms with Crippen molar-refractivity contribution in [2.24, 2.45) is 0 Å². The Morgan fingerprint density at radius 3 is 2.33 bits per heavy atom. The second kappa shape index (κ2) is 4.80. The second-order valence-corrected chi connectivity index (χ2v) is 4.37. The van der Waals surface area contributed by atoms with Crippen molar-refractivity contribution in [3.8, 4) is 5.75 Å². The topological polar surface area (TPSA) is 35.5 Å². The molecule has 1 aliphatic rings. The zero-order valence-corrected chi connectivity index (χ0v) is 10.4. The summed E-state index contributed by atoms with van der Waals surface area (Å²) in [6.07, 6.45) is 3.04. The fourth-order valence-corrected chi connectivity index (χ4v) is 1.97. The van der Waals surface area contributed by atoms with Crippen molar-refractivity contribution >= 4 is 5.97 Å². The molecule has 18 heavy (non-hydrogen) atoms. The van der Waals surface area contributed by atoms with Crippen LogP contribution in [0.4, 0.5) is 4.39 Å². The van der Waals surface area contributed by atoms with Crippen LogP contribution in [0.15, 0.2) is 36.2 Å². The second-order valence-electron chi connectivity index (χ2n) is 4.37. The van der Waals surface area contributed by atoms with Gasteiger partial charge >= 0.3 is 5.97 Å². The molecule has 1 fully saturated rings. The summed E-state index contributed by atoms with van der Waals surface area (Å²) >= 11 is 0. The number of halogens is 1. The average Bonchev–Trinajstić information content (AvgIpc) is 3.18. The van der Waals surface area contributed by atoms with Gasteiger partial charge in [-0.3, -0.25) is 0 Å². The fraction of sp³-hybridized carbons (Fsp3) is 0.357. The number of carbonyl (C=O) groups is 1. The lowest BCUT2D eigenvalue weighted by Crippen LogP contribution is -2.07. The number of ether oxygens (including phenoxy) is 2. The predicted molar refractivity (Wildman–Crippen MR) is 65.1 cm³/mol. The normalized spacial score (nSPS) is 17.2. The van der Waals surface area contributed by atoms with Gasteiger partial charge in [0.2, 0.25) is 5.83 Å². The summed E-state index contributed by atoms with van der Waals surface area (Å²) in [5.41, 5.74) is 0.632. The summed E-state index contributed by atoms with van der Waals surface area (Å²) in [6.45, 7) is 0. The first-order chi connectivity index (χ1) is 8.61. The molecule has 0 atom stereocenters. The Bertz CT molecular complexity index is 472. The average molecular weight is 250 g/mol. The number of carbonyl (C=O) groups excluding carboxylic acids is 1. The summed E-state index contributed by atoms with van der Waals surface area (Å²) in [7, 11) is 2.77. The van der Waals surface area contributed by atoms with E-state index in [-0.39, 0.29) is 5.41 Å². The van der Waals surface area contributed by atoms with Gasteiger partial charge in [-0.25, -0.2) is 4.79 Å². The van der Waals surface area contributed by atoms with E-state index in [1.807, 2.05) is 24.3 Å². The number of rotatable bonds is 4. The monoisotopic (exact) mass is 250 g/mol. The number of methoxy groups -OCH3 is 2. The van der Waals surface area contributed by atoms with Gasteiger partial charge in [0.25, 0.3) is 0 Å². The third-order valence-corrected chi connectivity index (χ3v) is 3.24. The molecule has 1 aliphatic carbocycles. The first-order valence-electron chi connectivity index (χ1n) is 5.72. The summed E-state index contributed by atoms with van der Waals surface area (Å²) in [4.78, 5) is 11.1. The third-order valence-electron chi connectivity index (χ3n) is 3.24. The van der Waals surface area contributed by atoms with Crippen LogP contribution in [0.3, 0.4) is 0 Å². The van der Waals surface area contributed by atoms with E-state index in [0.29, 0.717) is 0 Å². The Balaban J connectivity index is 2.23. The van der Waals surface area contributed by atoms with E-state index >= 15 is 0 Å². The molecule has 0 aromatic heterocycles. The lowest BCUT2D eigenvalue weighted by atomic mass is 9.95. The highest BCUT2D eigenvalue weighted by Gasteiger charge is 2.43. The maximum atomic E-state index is 13.5. The van der Waals surface area contributed by atoms with E-state index < -0.39 is 11.8 Å². The van der Waals surface area contributed by atoms with Crippen molar-refractivity contribution in [3.63, 3.8) is 0 Å². The Morgan fingerprint density at radius 1 is 1.28 bits per heavy atom. The molecule has 0 unspecified atom stereocenters. The fourth-order valence-electron chi connectivity index (χ4n) is 1.97. The van der Waals surface area contributed by atoms with Crippen LogP contribution in [0, 0.1) is 0 Å². The van der Waals surface area contributed by atoms with E-state index in [4.69, 9.17) is 4.74 Å². The van der Waals surface area contributed by atoms with E-state index in [2.05, 4.69) is 4.74 Å². The molecule has 0 spiro atoms. The number of hydrogen-bond donors (Lipinski definition) is 0. The van der Waals surface area contributed by atoms with Gasteiger partial charge in [-0.2, -0.15) is 4.39 Å². The first kappa shape index (κ1) is 12.6. The van der Waals surface area contributed by atoms with Gasteiger partial charge in [-0.15, -0.1) is 0 Å². The molecule has 0 aliphatic heterocycles. The molecule has 96 valence electrons. The lowest BCUT2D eigenvalue weighted by Gasteiger charge is -2.11. The molecule has 2 rings (SSSR count). The SMILES string of the molecule is COC(=O)/C(F)=C/C1(c2ccc(OC)cc2)CC1. The minimum Gasteiger partial charge on any atom is -0.497 e. The van der Waals surface area contributed by atoms with Crippen molar-refractivity contribution in [3.05, 3.63) is 41.7 Å². The van der Waals surface area contributed by atoms with Crippen molar-refractivity contribution < 1.29 is 18.7 Å². The Kier molecular flexibility index (Phi) is 3.36. The van der Waals surface area contributed by atoms with E-state index in [1.165, 1.54) is 13.2 Å². The third kappa shape index (κ3) is 2.37. The van der Waals surface area contributed by atoms with Crippen molar-refractivity contribution in [2.45, 2.75) is 18.3 Å². The van der Waals surface area contributed by atoms with E-state index in [9.17, 15) is 9.18 Å². The molecule has 0 heterocycles. The van der Waals surface area contributed by atoms with Gasteiger partial charge in [0.1, 0.15) is 5.75 Å². The number of hydrogen-bond acceptors (Lipinski definition) is 3. The van der Waals surface area contributed by atoms with Gasteiger partial charge in [0, 0.05) is 5.41 Å².